The third kappa shape index (κ3) is 13.1. The van der Waals surface area contributed by atoms with Gasteiger partial charge < -0.3 is 26.6 Å². The van der Waals surface area contributed by atoms with Crippen molar-refractivity contribution in [2.75, 3.05) is 11.5 Å². The minimum Gasteiger partial charge on any atom is -1.00 e. The second-order valence-corrected chi connectivity index (χ2v) is 11.1. The number of carbonyl (C=O) groups is 1. The number of nitrogens with zero attached hydrogens (tertiary/aromatic N) is 2. The third-order valence-electron chi connectivity index (χ3n) is 7.03. The van der Waals surface area contributed by atoms with Crippen LogP contribution < -0.4 is 31.2 Å². The van der Waals surface area contributed by atoms with Crippen LogP contribution in [0.4, 0.5) is 5.69 Å². The highest BCUT2D eigenvalue weighted by atomic mass is 79.9. The predicted octanol–water partition coefficient (Wildman–Crippen LogP) is 5.72. The molecule has 0 aliphatic heterocycles. The Morgan fingerprint density at radius 1 is 0.846 bits per heavy atom. The van der Waals surface area contributed by atoms with Crippen molar-refractivity contribution < 1.29 is 31.1 Å². The Kier molecular flexibility index (Phi) is 16.8. The summed E-state index contributed by atoms with van der Waals surface area (Å²) in [4.78, 5) is 14.3. The van der Waals surface area contributed by atoms with Crippen molar-refractivity contribution in [3.8, 4) is 5.75 Å². The van der Waals surface area contributed by atoms with Crippen molar-refractivity contribution in [2.24, 2.45) is 0 Å². The molecule has 0 atom stereocenters. The maximum atomic E-state index is 12.5. The monoisotopic (exact) mass is 614 g/mol. The summed E-state index contributed by atoms with van der Waals surface area (Å²) in [6, 6.07) is 16.4. The van der Waals surface area contributed by atoms with Crippen LogP contribution in [-0.4, -0.2) is 12.5 Å². The first-order valence-electron chi connectivity index (χ1n) is 14.7. The molecule has 2 aromatic carbocycles. The standard InChI is InChI=1S/C33H47N2O2S.BrH/c1-3-4-5-6-7-8-9-10-11-12-13-14-23-37-33-20-18-30(19-21-33)27-35(29(2)36)32-17-15-16-31(25-32)26-34-22-24-38-28-34;/h15-22,24-25,28H,3-14,23,26-27H2,1-2H3;1H/q+1;/p-1. The highest BCUT2D eigenvalue weighted by Crippen LogP contribution is 2.21. The molecule has 4 nitrogen and oxygen atoms in total. The number of hydrogen-bond donors (Lipinski definition) is 0. The largest absolute Gasteiger partial charge is 1.00 e. The molecule has 214 valence electrons. The minimum atomic E-state index is 0. The molecule has 0 unspecified atom stereocenters. The number of aromatic nitrogens is 1. The first-order valence-corrected chi connectivity index (χ1v) is 15.6. The van der Waals surface area contributed by atoms with Crippen LogP contribution in [0.5, 0.6) is 5.75 Å². The smallest absolute Gasteiger partial charge is 0.224 e. The summed E-state index contributed by atoms with van der Waals surface area (Å²) in [5.41, 5.74) is 5.30. The third-order valence-corrected chi connectivity index (χ3v) is 7.70. The molecule has 39 heavy (non-hydrogen) atoms. The molecule has 0 saturated carbocycles. The zero-order valence-electron chi connectivity index (χ0n) is 24.0. The molecule has 0 radical (unpaired) electrons. The Hall–Kier alpha value is -2.18. The van der Waals surface area contributed by atoms with Gasteiger partial charge in [0.2, 0.25) is 11.4 Å². The Balaban J connectivity index is 0.00000533. The lowest BCUT2D eigenvalue weighted by Crippen LogP contribution is -3.00. The number of hydrogen-bond acceptors (Lipinski definition) is 3. The van der Waals surface area contributed by atoms with Crippen molar-refractivity contribution in [2.45, 2.75) is 104 Å². The van der Waals surface area contributed by atoms with E-state index in [1.165, 1.54) is 76.2 Å². The van der Waals surface area contributed by atoms with E-state index < -0.39 is 0 Å². The summed E-state index contributed by atoms with van der Waals surface area (Å²) in [5, 5.41) is 2.07. The fourth-order valence-electron chi connectivity index (χ4n) is 4.78. The molecule has 0 spiro atoms. The van der Waals surface area contributed by atoms with Gasteiger partial charge in [0.25, 0.3) is 0 Å². The van der Waals surface area contributed by atoms with Crippen LogP contribution >= 0.6 is 11.3 Å². The van der Waals surface area contributed by atoms with E-state index in [-0.39, 0.29) is 22.9 Å². The number of thiazole rings is 1. The van der Waals surface area contributed by atoms with Gasteiger partial charge in [-0.25, -0.2) is 0 Å². The fourth-order valence-corrected chi connectivity index (χ4v) is 5.37. The average Bonchev–Trinajstić information content (AvgIpc) is 3.43. The number of halogens is 1. The molecule has 1 aromatic heterocycles. The molecular weight excluding hydrogens is 568 g/mol. The number of anilines is 1. The van der Waals surface area contributed by atoms with E-state index in [0.717, 1.165) is 36.6 Å². The first kappa shape index (κ1) is 33.0. The Labute approximate surface area is 251 Å². The number of ether oxygens (including phenoxy) is 1. The fraction of sp³-hybridized carbons (Fsp3) is 0.515. The molecule has 0 aliphatic rings. The van der Waals surface area contributed by atoms with Crippen molar-refractivity contribution >= 4 is 22.9 Å². The maximum Gasteiger partial charge on any atom is 0.224 e. The lowest BCUT2D eigenvalue weighted by atomic mass is 10.1. The van der Waals surface area contributed by atoms with Crippen molar-refractivity contribution in [1.82, 2.24) is 0 Å². The normalized spacial score (nSPS) is 10.7. The molecule has 0 fully saturated rings. The number of rotatable bonds is 19. The summed E-state index contributed by atoms with van der Waals surface area (Å²) in [6.45, 7) is 6.02. The van der Waals surface area contributed by atoms with Crippen molar-refractivity contribution in [3.05, 3.63) is 76.7 Å². The van der Waals surface area contributed by atoms with Crippen molar-refractivity contribution in [1.29, 1.82) is 0 Å². The maximum absolute atomic E-state index is 12.5. The molecule has 1 amide bonds. The van der Waals surface area contributed by atoms with Gasteiger partial charge >= 0.3 is 0 Å². The molecular formula is C33H47BrN2O2S. The van der Waals surface area contributed by atoms with E-state index in [9.17, 15) is 4.79 Å². The molecule has 0 aliphatic carbocycles. The number of carbonyl (C=O) groups excluding carboxylic acids is 1. The van der Waals surface area contributed by atoms with Crippen LogP contribution in [0.15, 0.2) is 65.6 Å². The van der Waals surface area contributed by atoms with Gasteiger partial charge in [-0.3, -0.25) is 4.79 Å². The molecule has 3 aromatic rings. The summed E-state index contributed by atoms with van der Waals surface area (Å²) >= 11 is 1.68. The van der Waals surface area contributed by atoms with Gasteiger partial charge in [0.15, 0.2) is 12.7 Å². The second-order valence-electron chi connectivity index (χ2n) is 10.4. The van der Waals surface area contributed by atoms with Crippen LogP contribution in [-0.2, 0) is 17.9 Å². The lowest BCUT2D eigenvalue weighted by molar-refractivity contribution is -0.683. The molecule has 0 N–H and O–H groups in total. The molecule has 0 saturated heterocycles. The van der Waals surface area contributed by atoms with E-state index in [0.29, 0.717) is 6.54 Å². The Morgan fingerprint density at radius 3 is 2.08 bits per heavy atom. The second kappa shape index (κ2) is 19.8. The Morgan fingerprint density at radius 2 is 1.49 bits per heavy atom. The molecule has 6 heteroatoms. The van der Waals surface area contributed by atoms with Crippen LogP contribution in [0.25, 0.3) is 0 Å². The quantitative estimate of drug-likeness (QED) is 0.128. The van der Waals surface area contributed by atoms with Gasteiger partial charge in [0, 0.05) is 18.2 Å². The van der Waals surface area contributed by atoms with E-state index in [4.69, 9.17) is 4.74 Å². The van der Waals surface area contributed by atoms with Gasteiger partial charge in [-0.2, -0.15) is 4.57 Å². The zero-order chi connectivity index (χ0) is 26.8. The van der Waals surface area contributed by atoms with Crippen LogP contribution in [0.3, 0.4) is 0 Å². The van der Waals surface area contributed by atoms with Crippen molar-refractivity contribution in [3.63, 3.8) is 0 Å². The van der Waals surface area contributed by atoms with Gasteiger partial charge in [0.1, 0.15) is 5.75 Å². The van der Waals surface area contributed by atoms with E-state index >= 15 is 0 Å². The van der Waals surface area contributed by atoms with E-state index in [1.54, 1.807) is 18.3 Å². The van der Waals surface area contributed by atoms with Gasteiger partial charge in [-0.15, -0.1) is 0 Å². The lowest BCUT2D eigenvalue weighted by Gasteiger charge is -2.22. The minimum absolute atomic E-state index is 0. The highest BCUT2D eigenvalue weighted by Gasteiger charge is 2.14. The molecule has 0 bridgehead atoms. The molecule has 3 rings (SSSR count). The topological polar surface area (TPSA) is 33.4 Å². The number of benzene rings is 2. The summed E-state index contributed by atoms with van der Waals surface area (Å²) in [7, 11) is 0. The van der Waals surface area contributed by atoms with Crippen LogP contribution in [0, 0.1) is 0 Å². The van der Waals surface area contributed by atoms with E-state index in [2.05, 4.69) is 52.8 Å². The summed E-state index contributed by atoms with van der Waals surface area (Å²) in [6.07, 6.45) is 18.3. The average molecular weight is 616 g/mol. The number of amides is 1. The highest BCUT2D eigenvalue weighted by molar-refractivity contribution is 7.07. The zero-order valence-corrected chi connectivity index (χ0v) is 26.4. The van der Waals surface area contributed by atoms with E-state index in [1.807, 2.05) is 29.2 Å². The predicted molar refractivity (Wildman–Crippen MR) is 160 cm³/mol. The SMILES string of the molecule is CCCCCCCCCCCCCCOc1ccc(CN(C(C)=O)c2cccc(C[n+]3ccsc3)c2)cc1.[Br-]. The molecule has 1 heterocycles. The van der Waals surface area contributed by atoms with Crippen LogP contribution in [0.2, 0.25) is 0 Å². The van der Waals surface area contributed by atoms with Gasteiger partial charge in [-0.1, -0.05) is 113 Å². The summed E-state index contributed by atoms with van der Waals surface area (Å²) in [5.74, 6) is 0.943. The van der Waals surface area contributed by atoms with Gasteiger partial charge in [-0.05, 0) is 36.2 Å². The Bertz CT molecular complexity index is 1040. The number of unbranched alkanes of at least 4 members (excludes halogenated alkanes) is 11. The van der Waals surface area contributed by atoms with Crippen LogP contribution in [0.1, 0.15) is 102 Å². The summed E-state index contributed by atoms with van der Waals surface area (Å²) < 4.78 is 8.12. The first-order chi connectivity index (χ1) is 18.7. The van der Waals surface area contributed by atoms with Gasteiger partial charge in [0.05, 0.1) is 18.5 Å².